The van der Waals surface area contributed by atoms with Gasteiger partial charge < -0.3 is 5.32 Å². The molecule has 0 spiro atoms. The van der Waals surface area contributed by atoms with Crippen molar-refractivity contribution in [2.45, 2.75) is 18.9 Å². The van der Waals surface area contributed by atoms with E-state index < -0.39 is 14.8 Å². The molecule has 1 aliphatic rings. The van der Waals surface area contributed by atoms with Gasteiger partial charge in [0.2, 0.25) is 5.82 Å². The molecule has 0 radical (unpaired) electrons. The van der Waals surface area contributed by atoms with Crippen LogP contribution in [-0.4, -0.2) is 35.9 Å². The van der Waals surface area contributed by atoms with Crippen molar-refractivity contribution in [3.63, 3.8) is 0 Å². The van der Waals surface area contributed by atoms with E-state index in [-0.39, 0.29) is 34.6 Å². The molecular formula is C11H12N4O4S. The van der Waals surface area contributed by atoms with Crippen molar-refractivity contribution in [2.75, 3.05) is 16.8 Å². The number of sulfone groups is 1. The maximum Gasteiger partial charge on any atom is 0.328 e. The van der Waals surface area contributed by atoms with Crippen LogP contribution in [0.1, 0.15) is 18.4 Å². The van der Waals surface area contributed by atoms with E-state index >= 15 is 0 Å². The van der Waals surface area contributed by atoms with Crippen molar-refractivity contribution in [2.24, 2.45) is 0 Å². The highest BCUT2D eigenvalue weighted by Crippen LogP contribution is 2.27. The summed E-state index contributed by atoms with van der Waals surface area (Å²) in [6.07, 6.45) is 2.06. The lowest BCUT2D eigenvalue weighted by Gasteiger charge is -2.23. The predicted octanol–water partition coefficient (Wildman–Crippen LogP) is 0.851. The third-order valence-corrected chi connectivity index (χ3v) is 4.84. The minimum absolute atomic E-state index is 0.0124. The maximum absolute atomic E-state index is 11.3. The zero-order valence-electron chi connectivity index (χ0n) is 10.4. The molecule has 1 aromatic rings. The van der Waals surface area contributed by atoms with Gasteiger partial charge >= 0.3 is 5.69 Å². The molecule has 0 unspecified atom stereocenters. The Kier molecular flexibility index (Phi) is 3.85. The molecule has 1 N–H and O–H groups in total. The van der Waals surface area contributed by atoms with Crippen LogP contribution < -0.4 is 5.32 Å². The second-order valence-corrected chi connectivity index (χ2v) is 6.80. The molecule has 0 atom stereocenters. The van der Waals surface area contributed by atoms with Crippen molar-refractivity contribution in [1.82, 2.24) is 4.98 Å². The summed E-state index contributed by atoms with van der Waals surface area (Å²) >= 11 is 0. The van der Waals surface area contributed by atoms with Crippen LogP contribution in [0.15, 0.2) is 12.3 Å². The van der Waals surface area contributed by atoms with E-state index in [1.54, 1.807) is 6.07 Å². The third-order valence-electron chi connectivity index (χ3n) is 3.12. The lowest BCUT2D eigenvalue weighted by molar-refractivity contribution is -0.384. The van der Waals surface area contributed by atoms with Crippen LogP contribution in [0.25, 0.3) is 0 Å². The first-order valence-electron chi connectivity index (χ1n) is 5.93. The Bertz CT molecular complexity index is 666. The van der Waals surface area contributed by atoms with Crippen molar-refractivity contribution in [3.05, 3.63) is 27.9 Å². The van der Waals surface area contributed by atoms with Crippen molar-refractivity contribution >= 4 is 21.3 Å². The Hall–Kier alpha value is -2.21. The number of nitrogens with zero attached hydrogens (tertiary/aromatic N) is 3. The smallest absolute Gasteiger partial charge is 0.328 e. The maximum atomic E-state index is 11.3. The Balaban J connectivity index is 2.23. The topological polar surface area (TPSA) is 126 Å². The monoisotopic (exact) mass is 296 g/mol. The van der Waals surface area contributed by atoms with Crippen LogP contribution in [-0.2, 0) is 9.84 Å². The molecule has 0 aliphatic carbocycles. The first-order chi connectivity index (χ1) is 9.43. The fourth-order valence-electron chi connectivity index (χ4n) is 2.06. The van der Waals surface area contributed by atoms with Gasteiger partial charge in [-0.25, -0.2) is 13.4 Å². The average Bonchev–Trinajstić information content (AvgIpc) is 2.40. The van der Waals surface area contributed by atoms with E-state index in [1.807, 2.05) is 0 Å². The normalized spacial score (nSPS) is 18.1. The van der Waals surface area contributed by atoms with Gasteiger partial charge in [0.05, 0.1) is 16.4 Å². The Labute approximate surface area is 115 Å². The van der Waals surface area contributed by atoms with E-state index in [0.29, 0.717) is 12.8 Å². The second-order valence-electron chi connectivity index (χ2n) is 4.50. The van der Waals surface area contributed by atoms with E-state index in [2.05, 4.69) is 10.3 Å². The third kappa shape index (κ3) is 3.03. The highest BCUT2D eigenvalue weighted by Gasteiger charge is 2.27. The summed E-state index contributed by atoms with van der Waals surface area (Å²) < 4.78 is 22.7. The first kappa shape index (κ1) is 14.2. The molecule has 1 fully saturated rings. The van der Waals surface area contributed by atoms with Gasteiger partial charge in [-0.1, -0.05) is 0 Å². The fourth-order valence-corrected chi connectivity index (χ4v) is 3.55. The minimum Gasteiger partial charge on any atom is -0.362 e. The van der Waals surface area contributed by atoms with Crippen LogP contribution in [0.3, 0.4) is 0 Å². The average molecular weight is 296 g/mol. The number of hydrogen-bond donors (Lipinski definition) is 1. The summed E-state index contributed by atoms with van der Waals surface area (Å²) in [7, 11) is -2.99. The molecule has 106 valence electrons. The quantitative estimate of drug-likeness (QED) is 0.647. The molecule has 9 heteroatoms. The first-order valence-corrected chi connectivity index (χ1v) is 7.75. The molecular weight excluding hydrogens is 284 g/mol. The van der Waals surface area contributed by atoms with Gasteiger partial charge in [-0.2, -0.15) is 5.26 Å². The highest BCUT2D eigenvalue weighted by atomic mass is 32.2. The molecule has 1 aromatic heterocycles. The van der Waals surface area contributed by atoms with E-state index in [4.69, 9.17) is 5.26 Å². The largest absolute Gasteiger partial charge is 0.362 e. The van der Waals surface area contributed by atoms with E-state index in [9.17, 15) is 18.5 Å². The van der Waals surface area contributed by atoms with Gasteiger partial charge in [0.15, 0.2) is 0 Å². The summed E-state index contributed by atoms with van der Waals surface area (Å²) in [6, 6.07) is 2.83. The molecule has 0 bridgehead atoms. The minimum atomic E-state index is -2.99. The SMILES string of the molecule is N#Cc1ccnc(NC2CCS(=O)(=O)CC2)c1[N+](=O)[O-]. The van der Waals surface area contributed by atoms with Crippen LogP contribution in [0.4, 0.5) is 11.5 Å². The van der Waals surface area contributed by atoms with Gasteiger partial charge in [0.25, 0.3) is 0 Å². The molecule has 8 nitrogen and oxygen atoms in total. The zero-order chi connectivity index (χ0) is 14.8. The molecule has 20 heavy (non-hydrogen) atoms. The number of anilines is 1. The Morgan fingerprint density at radius 2 is 2.10 bits per heavy atom. The summed E-state index contributed by atoms with van der Waals surface area (Å²) in [5.41, 5.74) is -0.445. The number of nitriles is 1. The molecule has 2 heterocycles. The summed E-state index contributed by atoms with van der Waals surface area (Å²) in [5.74, 6) is 0.116. The molecule has 0 aromatic carbocycles. The molecule has 0 saturated carbocycles. The van der Waals surface area contributed by atoms with Crippen molar-refractivity contribution in [3.8, 4) is 6.07 Å². The standard InChI is InChI=1S/C11H12N4O4S/c12-7-8-1-4-13-11(10(8)15(16)17)14-9-2-5-20(18,19)6-3-9/h1,4,9H,2-3,5-6H2,(H,13,14). The molecule has 0 amide bonds. The van der Waals surface area contributed by atoms with E-state index in [1.165, 1.54) is 12.3 Å². The fraction of sp³-hybridized carbons (Fsp3) is 0.455. The van der Waals surface area contributed by atoms with Crippen LogP contribution in [0.2, 0.25) is 0 Å². The number of aromatic nitrogens is 1. The number of nitrogens with one attached hydrogen (secondary N) is 1. The Morgan fingerprint density at radius 3 is 2.65 bits per heavy atom. The van der Waals surface area contributed by atoms with Gasteiger partial charge in [-0.15, -0.1) is 0 Å². The number of nitro groups is 1. The summed E-state index contributed by atoms with van der Waals surface area (Å²) in [6.45, 7) is 0. The molecule has 1 saturated heterocycles. The second kappa shape index (κ2) is 5.42. The van der Waals surface area contributed by atoms with Crippen LogP contribution in [0, 0.1) is 21.4 Å². The van der Waals surface area contributed by atoms with Crippen molar-refractivity contribution in [1.29, 1.82) is 5.26 Å². The summed E-state index contributed by atoms with van der Waals surface area (Å²) in [4.78, 5) is 14.3. The number of hydrogen-bond acceptors (Lipinski definition) is 7. The van der Waals surface area contributed by atoms with E-state index in [0.717, 1.165) is 0 Å². The molecule has 1 aliphatic heterocycles. The van der Waals surface area contributed by atoms with Gasteiger partial charge in [-0.05, 0) is 18.9 Å². The van der Waals surface area contributed by atoms with Crippen LogP contribution in [0.5, 0.6) is 0 Å². The van der Waals surface area contributed by atoms with Gasteiger partial charge in [0, 0.05) is 12.2 Å². The number of rotatable bonds is 3. The van der Waals surface area contributed by atoms with Gasteiger partial charge in [0.1, 0.15) is 21.5 Å². The Morgan fingerprint density at radius 1 is 1.45 bits per heavy atom. The van der Waals surface area contributed by atoms with Crippen molar-refractivity contribution < 1.29 is 13.3 Å². The number of pyridine rings is 1. The van der Waals surface area contributed by atoms with Gasteiger partial charge in [-0.3, -0.25) is 10.1 Å². The molecule has 2 rings (SSSR count). The highest BCUT2D eigenvalue weighted by molar-refractivity contribution is 7.91. The van der Waals surface area contributed by atoms with Crippen LogP contribution >= 0.6 is 0 Å². The lowest BCUT2D eigenvalue weighted by atomic mass is 10.1. The lowest BCUT2D eigenvalue weighted by Crippen LogP contribution is -2.32. The predicted molar refractivity (Wildman–Crippen MR) is 70.9 cm³/mol. The zero-order valence-corrected chi connectivity index (χ0v) is 11.3. The summed E-state index contributed by atoms with van der Waals surface area (Å²) in [5, 5.41) is 22.8.